The Hall–Kier alpha value is -0.510. The van der Waals surface area contributed by atoms with E-state index in [1.165, 1.54) is 30.7 Å². The first-order valence-electron chi connectivity index (χ1n) is 6.57. The van der Waals surface area contributed by atoms with Crippen LogP contribution in [0.1, 0.15) is 19.3 Å². The highest BCUT2D eigenvalue weighted by Gasteiger charge is 2.10. The maximum Gasteiger partial charge on any atom is 0.0192 e. The number of benzene rings is 1. The van der Waals surface area contributed by atoms with Gasteiger partial charge in [0.1, 0.15) is 0 Å². The molecule has 0 aromatic heterocycles. The second-order valence-electron chi connectivity index (χ2n) is 4.51. The number of nitrogens with one attached hydrogen (secondary N) is 2. The van der Waals surface area contributed by atoms with E-state index in [1.54, 1.807) is 0 Å². The summed E-state index contributed by atoms with van der Waals surface area (Å²) in [6, 6.07) is 11.3. The van der Waals surface area contributed by atoms with Gasteiger partial charge in [0, 0.05) is 29.8 Å². The second kappa shape index (κ2) is 7.75. The Bertz CT molecular complexity index is 296. The Kier molecular flexibility index (Phi) is 5.89. The SMILES string of the molecule is c1ccc(SCCNCC2CCCCN2)cc1. The summed E-state index contributed by atoms with van der Waals surface area (Å²) in [4.78, 5) is 1.37. The molecule has 1 saturated heterocycles. The van der Waals surface area contributed by atoms with Gasteiger partial charge in [-0.05, 0) is 31.5 Å². The van der Waals surface area contributed by atoms with Crippen LogP contribution in [0, 0.1) is 0 Å². The van der Waals surface area contributed by atoms with Gasteiger partial charge in [0.15, 0.2) is 0 Å². The predicted octanol–water partition coefficient (Wildman–Crippen LogP) is 2.51. The minimum atomic E-state index is 0.700. The molecule has 0 radical (unpaired) electrons. The van der Waals surface area contributed by atoms with Gasteiger partial charge in [0.25, 0.3) is 0 Å². The van der Waals surface area contributed by atoms with E-state index in [9.17, 15) is 0 Å². The van der Waals surface area contributed by atoms with Crippen molar-refractivity contribution in [2.24, 2.45) is 0 Å². The molecule has 1 aromatic carbocycles. The van der Waals surface area contributed by atoms with Crippen molar-refractivity contribution in [3.8, 4) is 0 Å². The Morgan fingerprint density at radius 1 is 1.24 bits per heavy atom. The third-order valence-corrected chi connectivity index (χ3v) is 4.11. The van der Waals surface area contributed by atoms with Gasteiger partial charge in [0.2, 0.25) is 0 Å². The summed E-state index contributed by atoms with van der Waals surface area (Å²) in [5.74, 6) is 1.15. The zero-order chi connectivity index (χ0) is 11.8. The number of hydrogen-bond acceptors (Lipinski definition) is 3. The van der Waals surface area contributed by atoms with Gasteiger partial charge in [-0.25, -0.2) is 0 Å². The molecule has 0 saturated carbocycles. The molecule has 0 amide bonds. The van der Waals surface area contributed by atoms with E-state index in [1.807, 2.05) is 11.8 Å². The first-order valence-corrected chi connectivity index (χ1v) is 7.55. The number of thioether (sulfide) groups is 1. The van der Waals surface area contributed by atoms with Crippen molar-refractivity contribution in [1.82, 2.24) is 10.6 Å². The molecule has 1 unspecified atom stereocenters. The van der Waals surface area contributed by atoms with Gasteiger partial charge in [-0.3, -0.25) is 0 Å². The Morgan fingerprint density at radius 2 is 2.12 bits per heavy atom. The first-order chi connectivity index (χ1) is 8.45. The fourth-order valence-corrected chi connectivity index (χ4v) is 2.96. The molecule has 2 rings (SSSR count). The van der Waals surface area contributed by atoms with Crippen molar-refractivity contribution in [1.29, 1.82) is 0 Å². The minimum absolute atomic E-state index is 0.700. The molecule has 3 heteroatoms. The highest BCUT2D eigenvalue weighted by molar-refractivity contribution is 7.99. The fourth-order valence-electron chi connectivity index (χ4n) is 2.13. The van der Waals surface area contributed by atoms with E-state index in [-0.39, 0.29) is 0 Å². The highest BCUT2D eigenvalue weighted by Crippen LogP contribution is 2.15. The lowest BCUT2D eigenvalue weighted by atomic mass is 10.1. The summed E-state index contributed by atoms with van der Waals surface area (Å²) in [6.07, 6.45) is 4.07. The zero-order valence-electron chi connectivity index (χ0n) is 10.3. The molecule has 1 aliphatic rings. The lowest BCUT2D eigenvalue weighted by molar-refractivity contribution is 0.387. The van der Waals surface area contributed by atoms with Gasteiger partial charge >= 0.3 is 0 Å². The van der Waals surface area contributed by atoms with Gasteiger partial charge in [-0.2, -0.15) is 0 Å². The molecule has 2 nitrogen and oxygen atoms in total. The molecule has 1 aromatic rings. The van der Waals surface area contributed by atoms with Crippen molar-refractivity contribution in [2.45, 2.75) is 30.2 Å². The molecular weight excluding hydrogens is 228 g/mol. The molecule has 94 valence electrons. The van der Waals surface area contributed by atoms with Crippen molar-refractivity contribution in [3.63, 3.8) is 0 Å². The predicted molar refractivity (Wildman–Crippen MR) is 75.7 cm³/mol. The van der Waals surface area contributed by atoms with E-state index in [0.29, 0.717) is 6.04 Å². The fraction of sp³-hybridized carbons (Fsp3) is 0.571. The van der Waals surface area contributed by atoms with Crippen LogP contribution in [0.2, 0.25) is 0 Å². The smallest absolute Gasteiger partial charge is 0.0192 e. The van der Waals surface area contributed by atoms with Gasteiger partial charge < -0.3 is 10.6 Å². The van der Waals surface area contributed by atoms with Crippen LogP contribution in [0.5, 0.6) is 0 Å². The standard InChI is InChI=1S/C14H22N2S/c1-2-7-14(8-3-1)17-11-10-15-12-13-6-4-5-9-16-13/h1-3,7-8,13,15-16H,4-6,9-12H2. The molecule has 2 N–H and O–H groups in total. The van der Waals surface area contributed by atoms with Crippen molar-refractivity contribution < 1.29 is 0 Å². The number of rotatable bonds is 6. The van der Waals surface area contributed by atoms with Crippen LogP contribution in [0.25, 0.3) is 0 Å². The summed E-state index contributed by atoms with van der Waals surface area (Å²) in [5, 5.41) is 7.10. The van der Waals surface area contributed by atoms with E-state index < -0.39 is 0 Å². The normalized spacial score (nSPS) is 20.4. The van der Waals surface area contributed by atoms with Gasteiger partial charge in [-0.1, -0.05) is 24.6 Å². The van der Waals surface area contributed by atoms with Crippen LogP contribution in [0.4, 0.5) is 0 Å². The minimum Gasteiger partial charge on any atom is -0.314 e. The zero-order valence-corrected chi connectivity index (χ0v) is 11.1. The van der Waals surface area contributed by atoms with Crippen molar-refractivity contribution >= 4 is 11.8 Å². The molecule has 1 atom stereocenters. The third kappa shape index (κ3) is 5.11. The molecule has 1 aliphatic heterocycles. The van der Waals surface area contributed by atoms with Crippen molar-refractivity contribution in [3.05, 3.63) is 30.3 Å². The Balaban J connectivity index is 1.51. The van der Waals surface area contributed by atoms with E-state index in [2.05, 4.69) is 41.0 Å². The number of hydrogen-bond donors (Lipinski definition) is 2. The summed E-state index contributed by atoms with van der Waals surface area (Å²) >= 11 is 1.92. The summed E-state index contributed by atoms with van der Waals surface area (Å²) < 4.78 is 0. The lowest BCUT2D eigenvalue weighted by Gasteiger charge is -2.23. The molecule has 0 bridgehead atoms. The monoisotopic (exact) mass is 250 g/mol. The van der Waals surface area contributed by atoms with Crippen LogP contribution in [-0.2, 0) is 0 Å². The average Bonchev–Trinajstić information content (AvgIpc) is 2.41. The van der Waals surface area contributed by atoms with Crippen LogP contribution >= 0.6 is 11.8 Å². The topological polar surface area (TPSA) is 24.1 Å². The summed E-state index contributed by atoms with van der Waals surface area (Å²) in [6.45, 7) is 3.41. The second-order valence-corrected chi connectivity index (χ2v) is 5.68. The van der Waals surface area contributed by atoms with Gasteiger partial charge in [0.05, 0.1) is 0 Å². The molecule has 1 fully saturated rings. The number of piperidine rings is 1. The lowest BCUT2D eigenvalue weighted by Crippen LogP contribution is -2.42. The average molecular weight is 250 g/mol. The maximum atomic E-state index is 3.56. The van der Waals surface area contributed by atoms with Crippen molar-refractivity contribution in [2.75, 3.05) is 25.4 Å². The highest BCUT2D eigenvalue weighted by atomic mass is 32.2. The third-order valence-electron chi connectivity index (χ3n) is 3.09. The maximum absolute atomic E-state index is 3.56. The Morgan fingerprint density at radius 3 is 2.88 bits per heavy atom. The molecule has 0 spiro atoms. The molecular formula is C14H22N2S. The summed E-state index contributed by atoms with van der Waals surface area (Å²) in [5.41, 5.74) is 0. The quantitative estimate of drug-likeness (QED) is 0.599. The van der Waals surface area contributed by atoms with E-state index in [4.69, 9.17) is 0 Å². The van der Waals surface area contributed by atoms with Crippen LogP contribution in [0.3, 0.4) is 0 Å². The van der Waals surface area contributed by atoms with Crippen LogP contribution < -0.4 is 10.6 Å². The Labute approximate surface area is 109 Å². The molecule has 17 heavy (non-hydrogen) atoms. The largest absolute Gasteiger partial charge is 0.314 e. The summed E-state index contributed by atoms with van der Waals surface area (Å²) in [7, 11) is 0. The van der Waals surface area contributed by atoms with Crippen LogP contribution in [0.15, 0.2) is 35.2 Å². The molecule has 0 aliphatic carbocycles. The first kappa shape index (κ1) is 12.9. The van der Waals surface area contributed by atoms with Gasteiger partial charge in [-0.15, -0.1) is 11.8 Å². The molecule has 1 heterocycles. The van der Waals surface area contributed by atoms with E-state index >= 15 is 0 Å². The van der Waals surface area contributed by atoms with Crippen LogP contribution in [-0.4, -0.2) is 31.4 Å². The van der Waals surface area contributed by atoms with E-state index in [0.717, 1.165) is 18.8 Å².